The van der Waals surface area contributed by atoms with Crippen molar-refractivity contribution in [3.05, 3.63) is 42.2 Å². The minimum Gasteiger partial charge on any atom is -0.356 e. The van der Waals surface area contributed by atoms with E-state index in [1.165, 1.54) is 0 Å². The van der Waals surface area contributed by atoms with Crippen LogP contribution in [0.3, 0.4) is 0 Å². The molecule has 3 aromatic rings. The average Bonchev–Trinajstić information content (AvgIpc) is 3.06. The molecule has 1 saturated heterocycles. The van der Waals surface area contributed by atoms with Crippen LogP contribution >= 0.6 is 0 Å². The molecule has 0 unspecified atom stereocenters. The Morgan fingerprint density at radius 3 is 2.79 bits per heavy atom. The normalized spacial score (nSPS) is 15.2. The molecule has 0 spiro atoms. The van der Waals surface area contributed by atoms with Gasteiger partial charge in [-0.05, 0) is 37.8 Å². The summed E-state index contributed by atoms with van der Waals surface area (Å²) in [5, 5.41) is 5.34. The molecule has 8 nitrogen and oxygen atoms in total. The van der Waals surface area contributed by atoms with Gasteiger partial charge in [0.2, 0.25) is 0 Å². The van der Waals surface area contributed by atoms with Gasteiger partial charge in [0.05, 0.1) is 11.7 Å². The minimum absolute atomic E-state index is 0.0135. The van der Waals surface area contributed by atoms with Crippen LogP contribution in [-0.4, -0.2) is 62.2 Å². The molecule has 3 aromatic heterocycles. The lowest BCUT2D eigenvalue weighted by atomic mass is 9.96. The van der Waals surface area contributed by atoms with Gasteiger partial charge in [-0.25, -0.2) is 9.97 Å². The summed E-state index contributed by atoms with van der Waals surface area (Å²) in [5.41, 5.74) is 2.36. The molecule has 146 valence electrons. The Morgan fingerprint density at radius 2 is 2.07 bits per heavy atom. The van der Waals surface area contributed by atoms with Gasteiger partial charge in [0.1, 0.15) is 12.1 Å². The Morgan fingerprint density at radius 1 is 1.29 bits per heavy atom. The molecular weight excluding hydrogens is 354 g/mol. The maximum Gasteiger partial charge on any atom is 0.274 e. The van der Waals surface area contributed by atoms with Crippen molar-refractivity contribution in [2.45, 2.75) is 19.8 Å². The van der Waals surface area contributed by atoms with E-state index in [0.717, 1.165) is 54.9 Å². The van der Waals surface area contributed by atoms with Crippen LogP contribution in [-0.2, 0) is 7.05 Å². The fourth-order valence-electron chi connectivity index (χ4n) is 3.80. The topological polar surface area (TPSA) is 80.0 Å². The summed E-state index contributed by atoms with van der Waals surface area (Å²) in [6, 6.07) is 3.81. The van der Waals surface area contributed by atoms with E-state index in [4.69, 9.17) is 0 Å². The molecule has 1 aliphatic heterocycles. The molecule has 0 aliphatic carbocycles. The number of amides is 1. The number of hydrogen-bond acceptors (Lipinski definition) is 6. The Hall–Kier alpha value is -3.03. The van der Waals surface area contributed by atoms with Crippen LogP contribution in [0, 0.1) is 12.8 Å². The van der Waals surface area contributed by atoms with Crippen LogP contribution in [0.15, 0.2) is 30.9 Å². The molecule has 8 heteroatoms. The standard InChI is InChI=1S/C20H25N7O/c1-14-10-17(24-26(14)3)20(28)25(2)12-15-5-8-27(9-6-15)19-16-4-7-21-11-18(16)22-13-23-19/h4,7,10-11,13,15H,5-6,8-9,12H2,1-3H3. The van der Waals surface area contributed by atoms with E-state index in [0.29, 0.717) is 11.6 Å². The highest BCUT2D eigenvalue weighted by Gasteiger charge is 2.25. The van der Waals surface area contributed by atoms with Crippen molar-refractivity contribution >= 4 is 22.6 Å². The van der Waals surface area contributed by atoms with E-state index in [9.17, 15) is 4.79 Å². The lowest BCUT2D eigenvalue weighted by Crippen LogP contribution is -2.40. The second kappa shape index (κ2) is 7.53. The molecule has 28 heavy (non-hydrogen) atoms. The Balaban J connectivity index is 1.38. The maximum absolute atomic E-state index is 12.6. The zero-order valence-electron chi connectivity index (χ0n) is 16.5. The molecule has 1 aliphatic rings. The van der Waals surface area contributed by atoms with Crippen molar-refractivity contribution in [1.29, 1.82) is 0 Å². The zero-order valence-corrected chi connectivity index (χ0v) is 16.5. The largest absolute Gasteiger partial charge is 0.356 e. The monoisotopic (exact) mass is 379 g/mol. The summed E-state index contributed by atoms with van der Waals surface area (Å²) in [5.74, 6) is 1.43. The highest BCUT2D eigenvalue weighted by atomic mass is 16.2. The van der Waals surface area contributed by atoms with E-state index in [1.807, 2.05) is 33.2 Å². The molecule has 4 rings (SSSR count). The van der Waals surface area contributed by atoms with Gasteiger partial charge in [0.15, 0.2) is 5.69 Å². The molecule has 0 bridgehead atoms. The second-order valence-electron chi connectivity index (χ2n) is 7.50. The van der Waals surface area contributed by atoms with Crippen molar-refractivity contribution in [2.75, 3.05) is 31.6 Å². The van der Waals surface area contributed by atoms with E-state index in [-0.39, 0.29) is 5.91 Å². The molecule has 0 atom stereocenters. The van der Waals surface area contributed by atoms with Gasteiger partial charge < -0.3 is 9.80 Å². The van der Waals surface area contributed by atoms with Crippen LogP contribution in [0.4, 0.5) is 5.82 Å². The molecular formula is C20H25N7O. The zero-order chi connectivity index (χ0) is 19.7. The highest BCUT2D eigenvalue weighted by molar-refractivity contribution is 5.92. The molecule has 1 amide bonds. The van der Waals surface area contributed by atoms with E-state index in [1.54, 1.807) is 28.3 Å². The lowest BCUT2D eigenvalue weighted by Gasteiger charge is -2.34. The van der Waals surface area contributed by atoms with Gasteiger partial charge in [-0.1, -0.05) is 0 Å². The first-order valence-electron chi connectivity index (χ1n) is 9.58. The summed E-state index contributed by atoms with van der Waals surface area (Å²) < 4.78 is 1.74. The third-order valence-electron chi connectivity index (χ3n) is 5.54. The number of carbonyl (C=O) groups is 1. The Bertz CT molecular complexity index is 966. The first-order valence-corrected chi connectivity index (χ1v) is 9.58. The summed E-state index contributed by atoms with van der Waals surface area (Å²) in [4.78, 5) is 29.7. The van der Waals surface area contributed by atoms with Crippen LogP contribution in [0.2, 0.25) is 0 Å². The number of piperidine rings is 1. The number of pyridine rings is 1. The van der Waals surface area contributed by atoms with E-state index in [2.05, 4.69) is 25.0 Å². The number of anilines is 1. The van der Waals surface area contributed by atoms with E-state index >= 15 is 0 Å². The van der Waals surface area contributed by atoms with Crippen molar-refractivity contribution in [2.24, 2.45) is 13.0 Å². The smallest absolute Gasteiger partial charge is 0.274 e. The number of rotatable bonds is 4. The molecule has 0 aromatic carbocycles. The van der Waals surface area contributed by atoms with Gasteiger partial charge in [-0.2, -0.15) is 5.10 Å². The number of nitrogens with zero attached hydrogens (tertiary/aromatic N) is 7. The Labute approximate surface area is 164 Å². The van der Waals surface area contributed by atoms with Gasteiger partial charge >= 0.3 is 0 Å². The first kappa shape index (κ1) is 18.3. The van der Waals surface area contributed by atoms with Crippen LogP contribution < -0.4 is 4.90 Å². The average molecular weight is 379 g/mol. The number of aromatic nitrogens is 5. The van der Waals surface area contributed by atoms with Crippen LogP contribution in [0.5, 0.6) is 0 Å². The molecule has 0 N–H and O–H groups in total. The van der Waals surface area contributed by atoms with Crippen LogP contribution in [0.25, 0.3) is 10.9 Å². The van der Waals surface area contributed by atoms with Crippen LogP contribution in [0.1, 0.15) is 29.0 Å². The van der Waals surface area contributed by atoms with Gasteiger partial charge in [0.25, 0.3) is 5.91 Å². The van der Waals surface area contributed by atoms with Gasteiger partial charge in [-0.15, -0.1) is 0 Å². The summed E-state index contributed by atoms with van der Waals surface area (Å²) in [6.45, 7) is 4.54. The summed E-state index contributed by atoms with van der Waals surface area (Å²) in [6.07, 6.45) is 7.20. The fourth-order valence-corrected chi connectivity index (χ4v) is 3.80. The highest BCUT2D eigenvalue weighted by Crippen LogP contribution is 2.27. The molecule has 0 saturated carbocycles. The lowest BCUT2D eigenvalue weighted by molar-refractivity contribution is 0.0758. The van der Waals surface area contributed by atoms with Crippen molar-refractivity contribution in [1.82, 2.24) is 29.6 Å². The predicted octanol–water partition coefficient (Wildman–Crippen LogP) is 2.06. The second-order valence-corrected chi connectivity index (χ2v) is 7.50. The molecule has 4 heterocycles. The molecule has 1 fully saturated rings. The number of hydrogen-bond donors (Lipinski definition) is 0. The maximum atomic E-state index is 12.6. The van der Waals surface area contributed by atoms with Crippen molar-refractivity contribution in [3.63, 3.8) is 0 Å². The third-order valence-corrected chi connectivity index (χ3v) is 5.54. The van der Waals surface area contributed by atoms with Crippen molar-refractivity contribution in [3.8, 4) is 0 Å². The minimum atomic E-state index is -0.0135. The number of aryl methyl sites for hydroxylation is 2. The van der Waals surface area contributed by atoms with Gasteiger partial charge in [0, 0.05) is 51.0 Å². The first-order chi connectivity index (χ1) is 13.5. The third kappa shape index (κ3) is 3.54. The summed E-state index contributed by atoms with van der Waals surface area (Å²) in [7, 11) is 3.72. The summed E-state index contributed by atoms with van der Waals surface area (Å²) >= 11 is 0. The molecule has 0 radical (unpaired) electrons. The quantitative estimate of drug-likeness (QED) is 0.690. The number of carbonyl (C=O) groups excluding carboxylic acids is 1. The Kier molecular flexibility index (Phi) is 4.93. The van der Waals surface area contributed by atoms with E-state index < -0.39 is 0 Å². The van der Waals surface area contributed by atoms with Gasteiger partial charge in [-0.3, -0.25) is 14.5 Å². The SMILES string of the molecule is Cc1cc(C(=O)N(C)CC2CCN(c3ncnc4cnccc34)CC2)nn1C. The fraction of sp³-hybridized carbons (Fsp3) is 0.450. The number of fused-ring (bicyclic) bond motifs is 1. The van der Waals surface area contributed by atoms with Crippen molar-refractivity contribution < 1.29 is 4.79 Å². The predicted molar refractivity (Wildman–Crippen MR) is 107 cm³/mol.